The second kappa shape index (κ2) is 9.19. The topological polar surface area (TPSA) is 71.3 Å². The van der Waals surface area contributed by atoms with Gasteiger partial charge in [0, 0.05) is 31.1 Å². The molecule has 1 aliphatic heterocycles. The number of anilines is 2. The molecule has 1 atom stereocenters. The number of hydrogen-bond donors (Lipinski definition) is 1. The van der Waals surface area contributed by atoms with E-state index in [9.17, 15) is 4.79 Å². The minimum Gasteiger partial charge on any atom is -0.465 e. The molecule has 0 bridgehead atoms. The first-order chi connectivity index (χ1) is 14.3. The van der Waals surface area contributed by atoms with Gasteiger partial charge in [-0.15, -0.1) is 0 Å². The predicted molar refractivity (Wildman–Crippen MR) is 113 cm³/mol. The van der Waals surface area contributed by atoms with Crippen LogP contribution in [0.2, 0.25) is 0 Å². The summed E-state index contributed by atoms with van der Waals surface area (Å²) >= 11 is 0. The van der Waals surface area contributed by atoms with Crippen LogP contribution in [0.25, 0.3) is 6.08 Å². The third-order valence-electron chi connectivity index (χ3n) is 4.99. The monoisotopic (exact) mass is 388 g/mol. The Hall–Kier alpha value is -3.41. The molecule has 1 saturated heterocycles. The van der Waals surface area contributed by atoms with Crippen molar-refractivity contribution in [3.63, 3.8) is 0 Å². The maximum absolute atomic E-state index is 12.5. The standard InChI is InChI=1S/C23H24N4O2/c28-23(12-11-20-8-5-15-29-20)27-14-4-6-18(17-27)16-19-7-3-10-22(25-19)26-21-9-1-2-13-24-21/h1-3,5,7-13,15,18H,4,6,14,16-17H2,(H,24,25,26)/b12-11+/t18-/m0/s1. The molecule has 3 aromatic rings. The number of carbonyl (C=O) groups is 1. The van der Waals surface area contributed by atoms with Gasteiger partial charge in [-0.05, 0) is 67.7 Å². The molecule has 4 rings (SSSR count). The molecule has 6 nitrogen and oxygen atoms in total. The Balaban J connectivity index is 1.35. The zero-order valence-corrected chi connectivity index (χ0v) is 16.2. The van der Waals surface area contributed by atoms with Crippen LogP contribution in [0.3, 0.4) is 0 Å². The molecule has 0 unspecified atom stereocenters. The van der Waals surface area contributed by atoms with E-state index in [1.165, 1.54) is 0 Å². The van der Waals surface area contributed by atoms with Crippen molar-refractivity contribution in [2.24, 2.45) is 5.92 Å². The largest absolute Gasteiger partial charge is 0.465 e. The van der Waals surface area contributed by atoms with Crippen LogP contribution in [0, 0.1) is 5.92 Å². The second-order valence-electron chi connectivity index (χ2n) is 7.20. The number of aromatic nitrogens is 2. The van der Waals surface area contributed by atoms with Crippen LogP contribution in [0.15, 0.2) is 71.5 Å². The Labute approximate surface area is 170 Å². The van der Waals surface area contributed by atoms with E-state index in [0.717, 1.165) is 49.7 Å². The summed E-state index contributed by atoms with van der Waals surface area (Å²) in [5.74, 6) is 2.68. The normalized spacial score (nSPS) is 16.8. The van der Waals surface area contributed by atoms with E-state index in [-0.39, 0.29) is 5.91 Å². The van der Waals surface area contributed by atoms with Crippen molar-refractivity contribution < 1.29 is 9.21 Å². The number of likely N-dealkylation sites (tertiary alicyclic amines) is 1. The summed E-state index contributed by atoms with van der Waals surface area (Å²) in [6, 6.07) is 15.4. The van der Waals surface area contributed by atoms with Crippen LogP contribution in [0.5, 0.6) is 0 Å². The molecular formula is C23H24N4O2. The molecule has 3 aromatic heterocycles. The molecule has 4 heterocycles. The van der Waals surface area contributed by atoms with Gasteiger partial charge in [0.2, 0.25) is 5.91 Å². The summed E-state index contributed by atoms with van der Waals surface area (Å²) in [4.78, 5) is 23.4. The van der Waals surface area contributed by atoms with Crippen molar-refractivity contribution in [2.45, 2.75) is 19.3 Å². The van der Waals surface area contributed by atoms with Gasteiger partial charge in [0.15, 0.2) is 0 Å². The molecule has 0 aliphatic carbocycles. The number of furan rings is 1. The summed E-state index contributed by atoms with van der Waals surface area (Å²) in [5.41, 5.74) is 1.02. The van der Waals surface area contributed by atoms with Crippen molar-refractivity contribution >= 4 is 23.6 Å². The lowest BCUT2D eigenvalue weighted by atomic mass is 9.93. The van der Waals surface area contributed by atoms with Gasteiger partial charge in [-0.3, -0.25) is 4.79 Å². The Bertz CT molecular complexity index is 954. The summed E-state index contributed by atoms with van der Waals surface area (Å²) in [6.07, 6.45) is 9.63. The van der Waals surface area contributed by atoms with Gasteiger partial charge in [0.1, 0.15) is 17.4 Å². The smallest absolute Gasteiger partial charge is 0.246 e. The fourth-order valence-corrected chi connectivity index (χ4v) is 3.60. The highest BCUT2D eigenvalue weighted by Crippen LogP contribution is 2.22. The van der Waals surface area contributed by atoms with Crippen molar-refractivity contribution in [1.82, 2.24) is 14.9 Å². The van der Waals surface area contributed by atoms with Gasteiger partial charge < -0.3 is 14.6 Å². The molecule has 148 valence electrons. The maximum Gasteiger partial charge on any atom is 0.246 e. The third kappa shape index (κ3) is 5.31. The summed E-state index contributed by atoms with van der Waals surface area (Å²) in [7, 11) is 0. The summed E-state index contributed by atoms with van der Waals surface area (Å²) in [5, 5.41) is 3.23. The lowest BCUT2D eigenvalue weighted by Gasteiger charge is -2.32. The number of carbonyl (C=O) groups excluding carboxylic acids is 1. The number of pyridine rings is 2. The SMILES string of the molecule is O=C(/C=C/c1ccco1)N1CCC[C@@H](Cc2cccc(Nc3ccccn3)n2)C1. The van der Waals surface area contributed by atoms with Crippen LogP contribution < -0.4 is 5.32 Å². The van der Waals surface area contributed by atoms with Gasteiger partial charge in [0.25, 0.3) is 0 Å². The Morgan fingerprint density at radius 3 is 2.93 bits per heavy atom. The van der Waals surface area contributed by atoms with E-state index < -0.39 is 0 Å². The minimum absolute atomic E-state index is 0.0321. The molecule has 1 aliphatic rings. The van der Waals surface area contributed by atoms with Crippen LogP contribution in [-0.2, 0) is 11.2 Å². The number of nitrogens with zero attached hydrogens (tertiary/aromatic N) is 3. The van der Waals surface area contributed by atoms with Crippen LogP contribution in [0.1, 0.15) is 24.3 Å². The summed E-state index contributed by atoms with van der Waals surface area (Å²) in [6.45, 7) is 1.55. The number of hydrogen-bond acceptors (Lipinski definition) is 5. The van der Waals surface area contributed by atoms with E-state index in [2.05, 4.69) is 10.3 Å². The molecule has 1 fully saturated rings. The predicted octanol–water partition coefficient (Wildman–Crippen LogP) is 4.31. The van der Waals surface area contributed by atoms with E-state index in [4.69, 9.17) is 9.40 Å². The zero-order chi connectivity index (χ0) is 19.9. The average molecular weight is 388 g/mol. The van der Waals surface area contributed by atoms with Crippen molar-refractivity contribution in [3.05, 3.63) is 78.5 Å². The number of nitrogens with one attached hydrogen (secondary N) is 1. The van der Waals surface area contributed by atoms with Crippen LogP contribution in [-0.4, -0.2) is 33.9 Å². The Morgan fingerprint density at radius 2 is 2.10 bits per heavy atom. The first-order valence-corrected chi connectivity index (χ1v) is 9.91. The Kier molecular flexibility index (Phi) is 6.00. The molecule has 0 radical (unpaired) electrons. The fraction of sp³-hybridized carbons (Fsp3) is 0.261. The lowest BCUT2D eigenvalue weighted by molar-refractivity contribution is -0.127. The van der Waals surface area contributed by atoms with Gasteiger partial charge in [-0.2, -0.15) is 0 Å². The van der Waals surface area contributed by atoms with Gasteiger partial charge >= 0.3 is 0 Å². The van der Waals surface area contributed by atoms with Crippen molar-refractivity contribution in [2.75, 3.05) is 18.4 Å². The molecule has 1 N–H and O–H groups in total. The van der Waals surface area contributed by atoms with Crippen molar-refractivity contribution in [1.29, 1.82) is 0 Å². The average Bonchev–Trinajstić information content (AvgIpc) is 3.27. The summed E-state index contributed by atoms with van der Waals surface area (Å²) < 4.78 is 5.25. The first kappa shape index (κ1) is 18.9. The lowest BCUT2D eigenvalue weighted by Crippen LogP contribution is -2.39. The quantitative estimate of drug-likeness (QED) is 0.637. The number of piperidine rings is 1. The zero-order valence-electron chi connectivity index (χ0n) is 16.2. The first-order valence-electron chi connectivity index (χ1n) is 9.91. The van der Waals surface area contributed by atoms with Gasteiger partial charge in [-0.25, -0.2) is 9.97 Å². The highest BCUT2D eigenvalue weighted by molar-refractivity contribution is 5.91. The van der Waals surface area contributed by atoms with E-state index in [1.807, 2.05) is 53.4 Å². The van der Waals surface area contributed by atoms with Gasteiger partial charge in [0.05, 0.1) is 6.26 Å². The Morgan fingerprint density at radius 1 is 1.17 bits per heavy atom. The molecular weight excluding hydrogens is 364 g/mol. The highest BCUT2D eigenvalue weighted by atomic mass is 16.3. The molecule has 0 saturated carbocycles. The van der Waals surface area contributed by atoms with Crippen LogP contribution >= 0.6 is 0 Å². The van der Waals surface area contributed by atoms with E-state index >= 15 is 0 Å². The molecule has 1 amide bonds. The van der Waals surface area contributed by atoms with Gasteiger partial charge in [-0.1, -0.05) is 12.1 Å². The molecule has 0 aromatic carbocycles. The number of rotatable bonds is 6. The van der Waals surface area contributed by atoms with E-state index in [0.29, 0.717) is 11.7 Å². The maximum atomic E-state index is 12.5. The van der Waals surface area contributed by atoms with E-state index in [1.54, 1.807) is 24.6 Å². The molecule has 6 heteroatoms. The second-order valence-corrected chi connectivity index (χ2v) is 7.20. The van der Waals surface area contributed by atoms with Crippen molar-refractivity contribution in [3.8, 4) is 0 Å². The molecule has 0 spiro atoms. The molecule has 29 heavy (non-hydrogen) atoms. The third-order valence-corrected chi connectivity index (χ3v) is 4.99. The fourth-order valence-electron chi connectivity index (χ4n) is 3.60. The van der Waals surface area contributed by atoms with Crippen LogP contribution in [0.4, 0.5) is 11.6 Å². The number of amides is 1. The highest BCUT2D eigenvalue weighted by Gasteiger charge is 2.23. The minimum atomic E-state index is 0.0321.